The van der Waals surface area contributed by atoms with Crippen molar-refractivity contribution < 1.29 is 24.2 Å². The van der Waals surface area contributed by atoms with Gasteiger partial charge < -0.3 is 14.6 Å². The number of hydrogen-bond donors (Lipinski definition) is 1. The van der Waals surface area contributed by atoms with Gasteiger partial charge in [0.25, 0.3) is 0 Å². The molecule has 160 valence electrons. The fourth-order valence-corrected chi connectivity index (χ4v) is 4.38. The number of phenolic OH excluding ortho intramolecular Hbond substituents is 1. The van der Waals surface area contributed by atoms with Crippen LogP contribution >= 0.6 is 0 Å². The second kappa shape index (κ2) is 8.76. The monoisotopic (exact) mass is 419 g/mol. The SMILES string of the molecule is COc1cc([C@H]2C3=C(CCCC3=O)N=C(C)C2C(=O)OCc2ccccc2)ccc1O. The Kier molecular flexibility index (Phi) is 5.89. The molecular formula is C25H25NO5. The predicted molar refractivity (Wildman–Crippen MR) is 116 cm³/mol. The van der Waals surface area contributed by atoms with Crippen molar-refractivity contribution in [3.8, 4) is 11.5 Å². The molecule has 2 atom stereocenters. The summed E-state index contributed by atoms with van der Waals surface area (Å²) in [5.74, 6) is -1.38. The number of Topliss-reactive ketones (excluding diaryl/α,β-unsaturated/α-hetero) is 1. The van der Waals surface area contributed by atoms with Crippen LogP contribution in [0.4, 0.5) is 0 Å². The number of esters is 1. The van der Waals surface area contributed by atoms with Crippen LogP contribution in [0.1, 0.15) is 43.2 Å². The molecule has 0 amide bonds. The van der Waals surface area contributed by atoms with Gasteiger partial charge in [0, 0.05) is 29.3 Å². The Labute approximate surface area is 181 Å². The third-order valence-electron chi connectivity index (χ3n) is 5.88. The zero-order chi connectivity index (χ0) is 22.0. The molecule has 0 spiro atoms. The minimum absolute atomic E-state index is 0.000161. The number of methoxy groups -OCH3 is 1. The van der Waals surface area contributed by atoms with Crippen molar-refractivity contribution in [2.24, 2.45) is 10.9 Å². The van der Waals surface area contributed by atoms with Crippen molar-refractivity contribution in [2.45, 2.75) is 38.7 Å². The van der Waals surface area contributed by atoms with E-state index in [4.69, 9.17) is 9.47 Å². The third-order valence-corrected chi connectivity index (χ3v) is 5.88. The number of carbonyl (C=O) groups excluding carboxylic acids is 2. The lowest BCUT2D eigenvalue weighted by Crippen LogP contribution is -2.37. The van der Waals surface area contributed by atoms with Gasteiger partial charge in [-0.05, 0) is 43.0 Å². The molecule has 4 rings (SSSR count). The highest BCUT2D eigenvalue weighted by Crippen LogP contribution is 2.45. The van der Waals surface area contributed by atoms with Gasteiger partial charge in [-0.2, -0.15) is 0 Å². The quantitative estimate of drug-likeness (QED) is 0.730. The minimum Gasteiger partial charge on any atom is -0.504 e. The third kappa shape index (κ3) is 4.10. The number of rotatable bonds is 5. The highest BCUT2D eigenvalue weighted by molar-refractivity contribution is 6.08. The number of benzene rings is 2. The van der Waals surface area contributed by atoms with Crippen LogP contribution in [0.15, 0.2) is 64.8 Å². The molecule has 0 radical (unpaired) electrons. The molecule has 6 heteroatoms. The topological polar surface area (TPSA) is 85.2 Å². The lowest BCUT2D eigenvalue weighted by atomic mass is 9.71. The molecule has 0 bridgehead atoms. The molecule has 0 fully saturated rings. The number of nitrogens with zero attached hydrogens (tertiary/aromatic N) is 1. The lowest BCUT2D eigenvalue weighted by molar-refractivity contribution is -0.148. The molecule has 1 N–H and O–H groups in total. The maximum Gasteiger partial charge on any atom is 0.315 e. The highest BCUT2D eigenvalue weighted by Gasteiger charge is 2.43. The van der Waals surface area contributed by atoms with Crippen molar-refractivity contribution in [1.82, 2.24) is 0 Å². The van der Waals surface area contributed by atoms with E-state index in [-0.39, 0.29) is 18.1 Å². The minimum atomic E-state index is -0.723. The molecule has 0 saturated heterocycles. The van der Waals surface area contributed by atoms with Gasteiger partial charge >= 0.3 is 5.97 Å². The van der Waals surface area contributed by atoms with Crippen molar-refractivity contribution >= 4 is 17.5 Å². The average molecular weight is 419 g/mol. The van der Waals surface area contributed by atoms with Gasteiger partial charge in [-0.1, -0.05) is 36.4 Å². The molecule has 1 aliphatic carbocycles. The molecule has 1 aliphatic heterocycles. The van der Waals surface area contributed by atoms with E-state index in [0.717, 1.165) is 17.7 Å². The Morgan fingerprint density at radius 1 is 1.16 bits per heavy atom. The van der Waals surface area contributed by atoms with E-state index in [9.17, 15) is 14.7 Å². The predicted octanol–water partition coefficient (Wildman–Crippen LogP) is 4.33. The summed E-state index contributed by atoms with van der Waals surface area (Å²) in [5, 5.41) is 10.0. The summed E-state index contributed by atoms with van der Waals surface area (Å²) < 4.78 is 10.9. The van der Waals surface area contributed by atoms with E-state index in [1.165, 1.54) is 13.2 Å². The number of ketones is 1. The van der Waals surface area contributed by atoms with E-state index in [1.807, 2.05) is 37.3 Å². The lowest BCUT2D eigenvalue weighted by Gasteiger charge is -2.34. The first-order valence-corrected chi connectivity index (χ1v) is 10.4. The molecule has 1 unspecified atom stereocenters. The Hall–Kier alpha value is -3.41. The van der Waals surface area contributed by atoms with Gasteiger partial charge in [0.05, 0.1) is 7.11 Å². The first-order chi connectivity index (χ1) is 15.0. The van der Waals surface area contributed by atoms with Crippen molar-refractivity contribution in [2.75, 3.05) is 7.11 Å². The first kappa shape index (κ1) is 20.8. The zero-order valence-corrected chi connectivity index (χ0v) is 17.6. The number of ether oxygens (including phenoxy) is 2. The first-order valence-electron chi connectivity index (χ1n) is 10.4. The summed E-state index contributed by atoms with van der Waals surface area (Å²) >= 11 is 0. The molecule has 0 saturated carbocycles. The second-order valence-corrected chi connectivity index (χ2v) is 7.87. The molecule has 2 aliphatic rings. The maximum absolute atomic E-state index is 13.3. The van der Waals surface area contributed by atoms with Crippen LogP contribution in [0.3, 0.4) is 0 Å². The van der Waals surface area contributed by atoms with Gasteiger partial charge in [-0.15, -0.1) is 0 Å². The van der Waals surface area contributed by atoms with Gasteiger partial charge in [0.1, 0.15) is 12.5 Å². The molecule has 1 heterocycles. The van der Waals surface area contributed by atoms with E-state index < -0.39 is 17.8 Å². The maximum atomic E-state index is 13.3. The van der Waals surface area contributed by atoms with Crippen LogP contribution in [0.2, 0.25) is 0 Å². The summed E-state index contributed by atoms with van der Waals surface area (Å²) in [6.07, 6.45) is 1.89. The Balaban J connectivity index is 1.73. The smallest absolute Gasteiger partial charge is 0.315 e. The van der Waals surface area contributed by atoms with E-state index in [1.54, 1.807) is 12.1 Å². The molecule has 2 aromatic carbocycles. The van der Waals surface area contributed by atoms with E-state index in [2.05, 4.69) is 4.99 Å². The average Bonchev–Trinajstić information content (AvgIpc) is 2.78. The highest BCUT2D eigenvalue weighted by atomic mass is 16.5. The fourth-order valence-electron chi connectivity index (χ4n) is 4.38. The molecule has 0 aromatic heterocycles. The number of aliphatic imine (C=N–C) groups is 1. The van der Waals surface area contributed by atoms with Crippen LogP contribution < -0.4 is 4.74 Å². The molecular weight excluding hydrogens is 394 g/mol. The fraction of sp³-hybridized carbons (Fsp3) is 0.320. The number of aromatic hydroxyl groups is 1. The summed E-state index contributed by atoms with van der Waals surface area (Å²) in [4.78, 5) is 30.8. The molecule has 6 nitrogen and oxygen atoms in total. The van der Waals surface area contributed by atoms with Gasteiger partial charge in [0.15, 0.2) is 17.3 Å². The van der Waals surface area contributed by atoms with Gasteiger partial charge in [0.2, 0.25) is 0 Å². The van der Waals surface area contributed by atoms with Crippen LogP contribution in [0.5, 0.6) is 11.5 Å². The standard InChI is InChI=1S/C25H25NO5/c1-15-22(25(29)31-14-16-7-4-3-5-8-16)23(17-11-12-19(27)21(13-17)30-2)24-18(26-15)9-6-10-20(24)28/h3-5,7-8,11-13,22-23,27H,6,9-10,14H2,1-2H3/t22?,23-/m1/s1. The van der Waals surface area contributed by atoms with Crippen LogP contribution in [0.25, 0.3) is 0 Å². The summed E-state index contributed by atoms with van der Waals surface area (Å²) in [7, 11) is 1.47. The van der Waals surface area contributed by atoms with Crippen LogP contribution in [0, 0.1) is 5.92 Å². The van der Waals surface area contributed by atoms with Crippen molar-refractivity contribution in [3.63, 3.8) is 0 Å². The van der Waals surface area contributed by atoms with Gasteiger partial charge in [-0.25, -0.2) is 0 Å². The second-order valence-electron chi connectivity index (χ2n) is 7.87. The summed E-state index contributed by atoms with van der Waals surface area (Å²) in [6, 6.07) is 14.4. The molecule has 31 heavy (non-hydrogen) atoms. The number of allylic oxidation sites excluding steroid dienone is 2. The Morgan fingerprint density at radius 2 is 1.94 bits per heavy atom. The largest absolute Gasteiger partial charge is 0.504 e. The summed E-state index contributed by atoms with van der Waals surface area (Å²) in [6.45, 7) is 1.96. The van der Waals surface area contributed by atoms with Crippen LogP contribution in [-0.2, 0) is 20.9 Å². The van der Waals surface area contributed by atoms with Crippen LogP contribution in [-0.4, -0.2) is 29.7 Å². The zero-order valence-electron chi connectivity index (χ0n) is 17.6. The number of hydrogen-bond acceptors (Lipinski definition) is 6. The van der Waals surface area contributed by atoms with Gasteiger partial charge in [-0.3, -0.25) is 14.6 Å². The Morgan fingerprint density at radius 3 is 2.68 bits per heavy atom. The summed E-state index contributed by atoms with van der Waals surface area (Å²) in [5.41, 5.74) is 3.55. The normalized spacial score (nSPS) is 20.7. The number of carbonyl (C=O) groups is 2. The van der Waals surface area contributed by atoms with E-state index >= 15 is 0 Å². The number of phenols is 1. The van der Waals surface area contributed by atoms with E-state index in [0.29, 0.717) is 35.4 Å². The Bertz CT molecular complexity index is 1070. The van der Waals surface area contributed by atoms with Crippen molar-refractivity contribution in [3.05, 3.63) is 70.9 Å². The van der Waals surface area contributed by atoms with Crippen molar-refractivity contribution in [1.29, 1.82) is 0 Å². The molecule has 2 aromatic rings.